The smallest absolute Gasteiger partial charge is 0.141 e. The molecule has 16 heavy (non-hydrogen) atoms. The molecule has 0 spiro atoms. The number of rotatable bonds is 4. The van der Waals surface area contributed by atoms with Crippen molar-refractivity contribution in [2.45, 2.75) is 38.0 Å². The number of ether oxygens (including phenoxy) is 1. The molecule has 2 rings (SSSR count). The molecule has 1 heterocycles. The highest BCUT2D eigenvalue weighted by Crippen LogP contribution is 2.25. The Labute approximate surface area is 102 Å². The zero-order chi connectivity index (χ0) is 11.2. The first-order chi connectivity index (χ1) is 7.90. The first-order valence-electron chi connectivity index (χ1n) is 6.02. The van der Waals surface area contributed by atoms with Crippen molar-refractivity contribution in [1.29, 1.82) is 0 Å². The second-order valence-electron chi connectivity index (χ2n) is 4.43. The molecule has 0 bridgehead atoms. The summed E-state index contributed by atoms with van der Waals surface area (Å²) in [5.74, 6) is 2.06. The van der Waals surface area contributed by atoms with E-state index in [4.69, 9.17) is 16.3 Å². The van der Waals surface area contributed by atoms with Crippen LogP contribution in [-0.2, 0) is 5.88 Å². The highest BCUT2D eigenvalue weighted by Gasteiger charge is 2.14. The number of alkyl halides is 1. The molecule has 0 saturated heterocycles. The fourth-order valence-corrected chi connectivity index (χ4v) is 2.43. The lowest BCUT2D eigenvalue weighted by Crippen LogP contribution is -2.15. The van der Waals surface area contributed by atoms with Gasteiger partial charge < -0.3 is 4.74 Å². The highest BCUT2D eigenvalue weighted by molar-refractivity contribution is 6.17. The van der Waals surface area contributed by atoms with Gasteiger partial charge in [0.1, 0.15) is 5.75 Å². The van der Waals surface area contributed by atoms with Gasteiger partial charge in [0.15, 0.2) is 0 Å². The van der Waals surface area contributed by atoms with Crippen LogP contribution in [0.3, 0.4) is 0 Å². The largest absolute Gasteiger partial charge is 0.491 e. The minimum Gasteiger partial charge on any atom is -0.491 e. The lowest BCUT2D eigenvalue weighted by Gasteiger charge is -2.22. The Bertz CT molecular complexity index is 323. The third kappa shape index (κ3) is 3.11. The second kappa shape index (κ2) is 6.09. The van der Waals surface area contributed by atoms with Gasteiger partial charge in [0.2, 0.25) is 0 Å². The Balaban J connectivity index is 1.88. The van der Waals surface area contributed by atoms with E-state index < -0.39 is 0 Å². The molecule has 0 amide bonds. The molecule has 2 nitrogen and oxygen atoms in total. The number of aromatic nitrogens is 1. The van der Waals surface area contributed by atoms with Gasteiger partial charge in [-0.05, 0) is 24.8 Å². The van der Waals surface area contributed by atoms with Crippen LogP contribution in [0, 0.1) is 5.92 Å². The van der Waals surface area contributed by atoms with Gasteiger partial charge in [-0.25, -0.2) is 0 Å². The van der Waals surface area contributed by atoms with E-state index in [0.29, 0.717) is 5.88 Å². The lowest BCUT2D eigenvalue weighted by molar-refractivity contribution is 0.207. The number of pyridine rings is 1. The summed E-state index contributed by atoms with van der Waals surface area (Å²) in [4.78, 5) is 4.07. The van der Waals surface area contributed by atoms with Crippen LogP contribution >= 0.6 is 11.6 Å². The third-order valence-corrected chi connectivity index (χ3v) is 3.50. The van der Waals surface area contributed by atoms with E-state index in [-0.39, 0.29) is 0 Å². The van der Waals surface area contributed by atoms with Gasteiger partial charge in [-0.1, -0.05) is 19.3 Å². The summed E-state index contributed by atoms with van der Waals surface area (Å²) < 4.78 is 5.82. The Morgan fingerprint density at radius 2 is 2.12 bits per heavy atom. The fourth-order valence-electron chi connectivity index (χ4n) is 2.21. The highest BCUT2D eigenvalue weighted by atomic mass is 35.5. The van der Waals surface area contributed by atoms with E-state index >= 15 is 0 Å². The average molecular weight is 240 g/mol. The van der Waals surface area contributed by atoms with Gasteiger partial charge in [-0.15, -0.1) is 11.6 Å². The Morgan fingerprint density at radius 1 is 1.31 bits per heavy atom. The monoisotopic (exact) mass is 239 g/mol. The van der Waals surface area contributed by atoms with Crippen LogP contribution in [0.4, 0.5) is 0 Å². The van der Waals surface area contributed by atoms with Crippen LogP contribution < -0.4 is 4.74 Å². The van der Waals surface area contributed by atoms with Gasteiger partial charge >= 0.3 is 0 Å². The normalized spacial score (nSPS) is 17.3. The maximum Gasteiger partial charge on any atom is 0.141 e. The fraction of sp³-hybridized carbons (Fsp3) is 0.615. The molecule has 88 valence electrons. The predicted molar refractivity (Wildman–Crippen MR) is 65.9 cm³/mol. The van der Waals surface area contributed by atoms with Crippen molar-refractivity contribution in [1.82, 2.24) is 4.98 Å². The van der Waals surface area contributed by atoms with Crippen molar-refractivity contribution in [2.24, 2.45) is 5.92 Å². The molecule has 0 N–H and O–H groups in total. The van der Waals surface area contributed by atoms with E-state index in [2.05, 4.69) is 4.98 Å². The molecule has 0 aromatic carbocycles. The first kappa shape index (κ1) is 11.7. The summed E-state index contributed by atoms with van der Waals surface area (Å²) in [6.07, 6.45) is 10.2. The first-order valence-corrected chi connectivity index (χ1v) is 6.55. The molecule has 0 unspecified atom stereocenters. The quantitative estimate of drug-likeness (QED) is 0.746. The van der Waals surface area contributed by atoms with Crippen LogP contribution in [0.2, 0.25) is 0 Å². The lowest BCUT2D eigenvalue weighted by atomic mass is 9.90. The summed E-state index contributed by atoms with van der Waals surface area (Å²) in [6, 6.07) is 1.92. The van der Waals surface area contributed by atoms with Crippen molar-refractivity contribution in [3.05, 3.63) is 24.0 Å². The molecular weight excluding hydrogens is 222 g/mol. The number of nitrogens with zero attached hydrogens (tertiary/aromatic N) is 1. The summed E-state index contributed by atoms with van der Waals surface area (Å²) >= 11 is 5.85. The predicted octanol–water partition coefficient (Wildman–Crippen LogP) is 3.78. The molecular formula is C13H18ClNO. The third-order valence-electron chi connectivity index (χ3n) is 3.21. The molecule has 1 aromatic rings. The van der Waals surface area contributed by atoms with Gasteiger partial charge in [-0.3, -0.25) is 4.98 Å². The van der Waals surface area contributed by atoms with E-state index in [0.717, 1.165) is 23.8 Å². The molecule has 0 radical (unpaired) electrons. The van der Waals surface area contributed by atoms with Gasteiger partial charge in [-0.2, -0.15) is 0 Å². The van der Waals surface area contributed by atoms with E-state index in [1.54, 1.807) is 12.4 Å². The van der Waals surface area contributed by atoms with Crippen LogP contribution in [0.25, 0.3) is 0 Å². The second-order valence-corrected chi connectivity index (χ2v) is 4.70. The van der Waals surface area contributed by atoms with Crippen LogP contribution in [0.5, 0.6) is 5.75 Å². The van der Waals surface area contributed by atoms with Crippen molar-refractivity contribution in [3.8, 4) is 5.75 Å². The molecule has 1 fully saturated rings. The molecule has 1 aromatic heterocycles. The molecule has 1 saturated carbocycles. The average Bonchev–Trinajstić information content (AvgIpc) is 2.38. The van der Waals surface area contributed by atoms with Crippen molar-refractivity contribution < 1.29 is 4.74 Å². The standard InChI is InChI=1S/C13H18ClNO/c14-8-12-6-7-15-9-13(12)16-10-11-4-2-1-3-5-11/h6-7,9,11H,1-5,8,10H2. The van der Waals surface area contributed by atoms with Gasteiger partial charge in [0.25, 0.3) is 0 Å². The summed E-state index contributed by atoms with van der Waals surface area (Å²) in [5, 5.41) is 0. The van der Waals surface area contributed by atoms with E-state index in [1.165, 1.54) is 32.1 Å². The Kier molecular flexibility index (Phi) is 4.46. The zero-order valence-electron chi connectivity index (χ0n) is 9.49. The minimum atomic E-state index is 0.489. The van der Waals surface area contributed by atoms with Crippen molar-refractivity contribution in [3.63, 3.8) is 0 Å². The summed E-state index contributed by atoms with van der Waals surface area (Å²) in [7, 11) is 0. The summed E-state index contributed by atoms with van der Waals surface area (Å²) in [6.45, 7) is 0.815. The Hall–Kier alpha value is -0.760. The molecule has 1 aliphatic rings. The van der Waals surface area contributed by atoms with Gasteiger partial charge in [0.05, 0.1) is 18.7 Å². The minimum absolute atomic E-state index is 0.489. The van der Waals surface area contributed by atoms with Crippen molar-refractivity contribution >= 4 is 11.6 Å². The van der Waals surface area contributed by atoms with E-state index in [9.17, 15) is 0 Å². The maximum atomic E-state index is 5.85. The number of hydrogen-bond acceptors (Lipinski definition) is 2. The maximum absolute atomic E-state index is 5.85. The zero-order valence-corrected chi connectivity index (χ0v) is 10.2. The van der Waals surface area contributed by atoms with Crippen LogP contribution in [0.1, 0.15) is 37.7 Å². The van der Waals surface area contributed by atoms with E-state index in [1.807, 2.05) is 6.07 Å². The number of hydrogen-bond donors (Lipinski definition) is 0. The molecule has 0 atom stereocenters. The molecule has 0 aliphatic heterocycles. The summed E-state index contributed by atoms with van der Waals surface area (Å²) in [5.41, 5.74) is 1.03. The van der Waals surface area contributed by atoms with Crippen molar-refractivity contribution in [2.75, 3.05) is 6.61 Å². The Morgan fingerprint density at radius 3 is 2.88 bits per heavy atom. The van der Waals surface area contributed by atoms with Crippen LogP contribution in [0.15, 0.2) is 18.5 Å². The van der Waals surface area contributed by atoms with Crippen LogP contribution in [-0.4, -0.2) is 11.6 Å². The van der Waals surface area contributed by atoms with Gasteiger partial charge in [0, 0.05) is 11.8 Å². The topological polar surface area (TPSA) is 22.1 Å². The molecule has 1 aliphatic carbocycles. The molecule has 3 heteroatoms. The SMILES string of the molecule is ClCc1ccncc1OCC1CCCCC1. The number of halogens is 1.